The molecule has 3 aromatic carbocycles. The fraction of sp³-hybridized carbons (Fsp3) is 0. The van der Waals surface area contributed by atoms with Gasteiger partial charge in [0.1, 0.15) is 0 Å². The summed E-state index contributed by atoms with van der Waals surface area (Å²) in [5.41, 5.74) is -0.413. The maximum absolute atomic E-state index is 8.31. The van der Waals surface area contributed by atoms with Gasteiger partial charge < -0.3 is 0 Å². The number of halogens is 2. The first-order valence-corrected chi connectivity index (χ1v) is 8.38. The van der Waals surface area contributed by atoms with E-state index in [4.69, 9.17) is 25.3 Å². The Morgan fingerprint density at radius 1 is 0.731 bits per heavy atom. The van der Waals surface area contributed by atoms with Gasteiger partial charge in [-0.1, -0.05) is 88.0 Å². The summed E-state index contributed by atoms with van der Waals surface area (Å²) in [5.74, 6) is -0.801. The van der Waals surface area contributed by atoms with E-state index in [1.807, 2.05) is 0 Å². The maximum Gasteiger partial charge on any atom is 0.165 e. The van der Waals surface area contributed by atoms with Crippen LogP contribution >= 0.6 is 27.5 Å². The van der Waals surface area contributed by atoms with E-state index in [0.717, 1.165) is 0 Å². The molecule has 0 spiro atoms. The predicted molar refractivity (Wildman–Crippen MR) is 109 cm³/mol. The smallest absolute Gasteiger partial charge is 0.165 e. The molecule has 0 aliphatic heterocycles. The molecule has 0 N–H and O–H groups in total. The van der Waals surface area contributed by atoms with Crippen molar-refractivity contribution >= 4 is 27.5 Å². The number of nitrogens with zero attached hydrogens (tertiary/aromatic N) is 3. The fourth-order valence-electron chi connectivity index (χ4n) is 2.11. The van der Waals surface area contributed by atoms with Crippen molar-refractivity contribution in [3.8, 4) is 34.2 Å². The molecule has 0 bridgehead atoms. The van der Waals surface area contributed by atoms with Gasteiger partial charge in [0, 0.05) is 21.2 Å². The average Bonchev–Trinajstić information content (AvgIpc) is 2.85. The van der Waals surface area contributed by atoms with Crippen LogP contribution in [0.4, 0.5) is 0 Å². The third kappa shape index (κ3) is 3.52. The van der Waals surface area contributed by atoms with Gasteiger partial charge in [-0.15, -0.1) is 0 Å². The van der Waals surface area contributed by atoms with E-state index in [1.54, 1.807) is 18.2 Å². The SMILES string of the molecule is [2H]c1c([2H])c([2H])c(-c2nc(-c3cc(Br)ccc3Cl)nc(-c3c([2H])c([2H])c([2H])c([2H])c3[2H])n2)c([2H])c1[2H]. The van der Waals surface area contributed by atoms with E-state index in [-0.39, 0.29) is 39.2 Å². The Morgan fingerprint density at radius 2 is 1.23 bits per heavy atom. The third-order valence-corrected chi connectivity index (χ3v) is 4.07. The molecule has 0 amide bonds. The van der Waals surface area contributed by atoms with Crippen LogP contribution in [0.5, 0.6) is 0 Å². The quantitative estimate of drug-likeness (QED) is 0.382. The number of benzene rings is 3. The normalized spacial score (nSPS) is 16.1. The number of hydrogen-bond donors (Lipinski definition) is 0. The monoisotopic (exact) mass is 431 g/mol. The Morgan fingerprint density at radius 3 is 1.77 bits per heavy atom. The van der Waals surface area contributed by atoms with Gasteiger partial charge in [-0.05, 0) is 18.2 Å². The van der Waals surface area contributed by atoms with Gasteiger partial charge >= 0.3 is 0 Å². The second-order valence-electron chi connectivity index (χ2n) is 4.93. The van der Waals surface area contributed by atoms with Gasteiger partial charge in [0.25, 0.3) is 0 Å². The molecule has 0 saturated heterocycles. The van der Waals surface area contributed by atoms with Crippen LogP contribution in [0.2, 0.25) is 5.02 Å². The Balaban J connectivity index is 2.16. The fourth-order valence-corrected chi connectivity index (χ4v) is 2.68. The van der Waals surface area contributed by atoms with Gasteiger partial charge in [-0.2, -0.15) is 0 Å². The van der Waals surface area contributed by atoms with E-state index < -0.39 is 60.4 Å². The molecule has 0 saturated carbocycles. The van der Waals surface area contributed by atoms with Crippen molar-refractivity contribution in [1.82, 2.24) is 15.0 Å². The zero-order valence-corrected chi connectivity index (χ0v) is 15.2. The summed E-state index contributed by atoms with van der Waals surface area (Å²) in [5, 5.41) is 0.212. The van der Waals surface area contributed by atoms with Crippen LogP contribution < -0.4 is 0 Å². The lowest BCUT2D eigenvalue weighted by Gasteiger charge is -2.09. The molecule has 1 heterocycles. The first kappa shape index (κ1) is 8.89. The van der Waals surface area contributed by atoms with Crippen molar-refractivity contribution < 1.29 is 13.7 Å². The van der Waals surface area contributed by atoms with E-state index in [0.29, 0.717) is 4.47 Å². The summed E-state index contributed by atoms with van der Waals surface area (Å²) in [7, 11) is 0. The van der Waals surface area contributed by atoms with Gasteiger partial charge in [0.05, 0.1) is 18.7 Å². The highest BCUT2D eigenvalue weighted by Gasteiger charge is 2.14. The lowest BCUT2D eigenvalue weighted by Crippen LogP contribution is -2.00. The average molecular weight is 433 g/mol. The molecule has 0 radical (unpaired) electrons. The number of aromatic nitrogens is 3. The minimum absolute atomic E-state index is 0.0973. The Labute approximate surface area is 178 Å². The zero-order valence-electron chi connectivity index (χ0n) is 22.8. The van der Waals surface area contributed by atoms with Gasteiger partial charge in [-0.25, -0.2) is 15.0 Å². The van der Waals surface area contributed by atoms with Crippen molar-refractivity contribution in [2.45, 2.75) is 0 Å². The molecule has 126 valence electrons. The summed E-state index contributed by atoms with van der Waals surface area (Å²) in [6, 6.07) is -1.18. The molecule has 0 fully saturated rings. The number of hydrogen-bond acceptors (Lipinski definition) is 3. The summed E-state index contributed by atoms with van der Waals surface area (Å²) in [6.45, 7) is 0. The molecular weight excluding hydrogens is 410 g/mol. The van der Waals surface area contributed by atoms with Crippen LogP contribution in [0.15, 0.2) is 83.1 Å². The van der Waals surface area contributed by atoms with Crippen LogP contribution in [-0.2, 0) is 0 Å². The molecular formula is C21H13BrClN3. The van der Waals surface area contributed by atoms with Crippen molar-refractivity contribution in [2.75, 3.05) is 0 Å². The second-order valence-corrected chi connectivity index (χ2v) is 6.25. The largest absolute Gasteiger partial charge is 0.208 e. The van der Waals surface area contributed by atoms with Crippen molar-refractivity contribution in [3.63, 3.8) is 0 Å². The van der Waals surface area contributed by atoms with Crippen LogP contribution in [0, 0.1) is 0 Å². The van der Waals surface area contributed by atoms with E-state index in [9.17, 15) is 0 Å². The highest BCUT2D eigenvalue weighted by molar-refractivity contribution is 9.10. The summed E-state index contributed by atoms with van der Waals surface area (Å²) in [4.78, 5) is 12.8. The topological polar surface area (TPSA) is 38.7 Å². The lowest BCUT2D eigenvalue weighted by atomic mass is 10.1. The van der Waals surface area contributed by atoms with Crippen molar-refractivity contribution in [2.24, 2.45) is 0 Å². The molecule has 0 unspecified atom stereocenters. The van der Waals surface area contributed by atoms with Crippen LogP contribution in [0.25, 0.3) is 34.2 Å². The molecule has 26 heavy (non-hydrogen) atoms. The summed E-state index contributed by atoms with van der Waals surface area (Å²) < 4.78 is 81.5. The molecule has 4 rings (SSSR count). The molecule has 1 aromatic heterocycles. The van der Waals surface area contributed by atoms with Crippen LogP contribution in [0.3, 0.4) is 0 Å². The first-order valence-electron chi connectivity index (χ1n) is 12.2. The van der Waals surface area contributed by atoms with Crippen LogP contribution in [-0.4, -0.2) is 15.0 Å². The Bertz CT molecular complexity index is 1440. The summed E-state index contributed by atoms with van der Waals surface area (Å²) >= 11 is 9.69. The van der Waals surface area contributed by atoms with Gasteiger partial charge in [0.2, 0.25) is 0 Å². The Hall–Kier alpha value is -2.56. The molecule has 4 aromatic rings. The predicted octanol–water partition coefficient (Wildman–Crippen LogP) is 6.29. The maximum atomic E-state index is 8.31. The minimum atomic E-state index is -0.613. The minimum Gasteiger partial charge on any atom is -0.208 e. The molecule has 0 aliphatic rings. The van der Waals surface area contributed by atoms with E-state index in [1.165, 1.54) is 0 Å². The number of rotatable bonds is 3. The van der Waals surface area contributed by atoms with Crippen LogP contribution in [0.1, 0.15) is 13.7 Å². The highest BCUT2D eigenvalue weighted by Crippen LogP contribution is 2.31. The summed E-state index contributed by atoms with van der Waals surface area (Å²) in [6.07, 6.45) is 0. The van der Waals surface area contributed by atoms with Gasteiger partial charge in [0.15, 0.2) is 17.5 Å². The van der Waals surface area contributed by atoms with Gasteiger partial charge in [-0.3, -0.25) is 0 Å². The van der Waals surface area contributed by atoms with E-state index in [2.05, 4.69) is 30.9 Å². The van der Waals surface area contributed by atoms with E-state index >= 15 is 0 Å². The Kier molecular flexibility index (Phi) is 2.52. The highest BCUT2D eigenvalue weighted by atomic mass is 79.9. The standard InChI is InChI=1S/C21H13BrClN3/c22-16-11-12-18(23)17(13-16)21-25-19(14-7-3-1-4-8-14)24-20(26-21)15-9-5-2-6-10-15/h1-13H/i1D,2D,3D,4D,5D,6D,7D,8D,9D,10D. The molecule has 3 nitrogen and oxygen atoms in total. The van der Waals surface area contributed by atoms with Crippen molar-refractivity contribution in [1.29, 1.82) is 0 Å². The zero-order chi connectivity index (χ0) is 26.6. The first-order chi connectivity index (χ1) is 16.8. The molecule has 5 heteroatoms. The third-order valence-electron chi connectivity index (χ3n) is 3.25. The molecule has 0 aliphatic carbocycles. The van der Waals surface area contributed by atoms with Crippen molar-refractivity contribution in [3.05, 3.63) is 88.1 Å². The lowest BCUT2D eigenvalue weighted by molar-refractivity contribution is 1.07. The second kappa shape index (κ2) is 7.36. The molecule has 0 atom stereocenters.